The monoisotopic (exact) mass is 259 g/mol. The quantitative estimate of drug-likeness (QED) is 0.905. The fourth-order valence-electron chi connectivity index (χ4n) is 2.13. The molecule has 1 aliphatic rings. The summed E-state index contributed by atoms with van der Waals surface area (Å²) in [5.74, 6) is 0.945. The predicted molar refractivity (Wildman–Crippen MR) is 69.1 cm³/mol. The Hall–Kier alpha value is -0.800. The number of rotatable bonds is 3. The fourth-order valence-corrected chi connectivity index (χ4v) is 2.13. The minimum atomic E-state index is -0.247. The van der Waals surface area contributed by atoms with E-state index in [1.54, 1.807) is 12.1 Å². The van der Waals surface area contributed by atoms with Gasteiger partial charge in [0.05, 0.1) is 6.61 Å². The van der Waals surface area contributed by atoms with Crippen LogP contribution in [0.5, 0.6) is 5.75 Å². The zero-order valence-electron chi connectivity index (χ0n) is 9.77. The Balaban J connectivity index is 0.00000144. The normalized spacial score (nSPS) is 23.9. The molecule has 0 radical (unpaired) electrons. The molecular weight excluding hydrogens is 241 g/mol. The van der Waals surface area contributed by atoms with Crippen molar-refractivity contribution in [2.45, 2.75) is 31.7 Å². The molecule has 2 nitrogen and oxygen atoms in total. The summed E-state index contributed by atoms with van der Waals surface area (Å²) in [7, 11) is 0. The van der Waals surface area contributed by atoms with E-state index in [2.05, 4.69) is 0 Å². The van der Waals surface area contributed by atoms with Gasteiger partial charge in [0, 0.05) is 12.1 Å². The average molecular weight is 260 g/mol. The lowest BCUT2D eigenvalue weighted by Crippen LogP contribution is -2.28. The van der Waals surface area contributed by atoms with Gasteiger partial charge in [-0.25, -0.2) is 4.39 Å². The van der Waals surface area contributed by atoms with Crippen molar-refractivity contribution in [3.63, 3.8) is 0 Å². The van der Waals surface area contributed by atoms with E-state index in [-0.39, 0.29) is 18.2 Å². The van der Waals surface area contributed by atoms with Crippen LogP contribution in [0.3, 0.4) is 0 Å². The third-order valence-electron chi connectivity index (χ3n) is 3.17. The number of benzene rings is 1. The Bertz CT molecular complexity index is 340. The van der Waals surface area contributed by atoms with Gasteiger partial charge < -0.3 is 10.5 Å². The van der Waals surface area contributed by atoms with Gasteiger partial charge in [-0.3, -0.25) is 0 Å². The minimum Gasteiger partial charge on any atom is -0.493 e. The Morgan fingerprint density at radius 3 is 2.59 bits per heavy atom. The molecule has 0 aliphatic heterocycles. The second-order valence-electron chi connectivity index (χ2n) is 4.55. The molecule has 0 saturated heterocycles. The maximum Gasteiger partial charge on any atom is 0.126 e. The maximum atomic E-state index is 12.9. The first-order chi connectivity index (χ1) is 7.74. The van der Waals surface area contributed by atoms with E-state index in [1.807, 2.05) is 0 Å². The second kappa shape index (κ2) is 6.82. The van der Waals surface area contributed by atoms with Crippen molar-refractivity contribution in [3.05, 3.63) is 30.1 Å². The highest BCUT2D eigenvalue weighted by atomic mass is 35.5. The first kappa shape index (κ1) is 14.3. The molecule has 2 N–H and O–H groups in total. The van der Waals surface area contributed by atoms with Crippen molar-refractivity contribution in [2.75, 3.05) is 6.61 Å². The number of nitrogens with two attached hydrogens (primary N) is 1. The first-order valence-corrected chi connectivity index (χ1v) is 5.88. The molecule has 0 atom stereocenters. The highest BCUT2D eigenvalue weighted by Gasteiger charge is 2.18. The number of halogens is 2. The molecule has 0 unspecified atom stereocenters. The summed E-state index contributed by atoms with van der Waals surface area (Å²) in [6, 6.07) is 6.67. The van der Waals surface area contributed by atoms with Crippen molar-refractivity contribution in [1.82, 2.24) is 0 Å². The summed E-state index contributed by atoms with van der Waals surface area (Å²) in [4.78, 5) is 0. The van der Waals surface area contributed by atoms with Gasteiger partial charge in [0.1, 0.15) is 11.6 Å². The molecule has 1 saturated carbocycles. The molecule has 0 spiro atoms. The first-order valence-electron chi connectivity index (χ1n) is 5.88. The van der Waals surface area contributed by atoms with Gasteiger partial charge in [0.25, 0.3) is 0 Å². The summed E-state index contributed by atoms with van der Waals surface area (Å²) in [5, 5.41) is 0. The standard InChI is InChI=1S/C13H18FNO.ClH/c14-11-2-1-3-13(8-11)16-9-10-4-6-12(15)7-5-10;/h1-3,8,10,12H,4-7,9,15H2;1H. The lowest BCUT2D eigenvalue weighted by atomic mass is 9.87. The smallest absolute Gasteiger partial charge is 0.126 e. The lowest BCUT2D eigenvalue weighted by molar-refractivity contribution is 0.200. The predicted octanol–water partition coefficient (Wildman–Crippen LogP) is 3.14. The topological polar surface area (TPSA) is 35.2 Å². The molecular formula is C13H19ClFNO. The van der Waals surface area contributed by atoms with E-state index in [0.717, 1.165) is 25.7 Å². The molecule has 2 rings (SSSR count). The molecule has 96 valence electrons. The van der Waals surface area contributed by atoms with Gasteiger partial charge in [-0.15, -0.1) is 12.4 Å². The zero-order valence-corrected chi connectivity index (χ0v) is 10.6. The van der Waals surface area contributed by atoms with Crippen LogP contribution in [0.2, 0.25) is 0 Å². The van der Waals surface area contributed by atoms with E-state index < -0.39 is 0 Å². The molecule has 0 aromatic heterocycles. The summed E-state index contributed by atoms with van der Waals surface area (Å²) in [6.45, 7) is 0.677. The Labute approximate surface area is 108 Å². The van der Waals surface area contributed by atoms with Crippen LogP contribution >= 0.6 is 12.4 Å². The third kappa shape index (κ3) is 4.52. The summed E-state index contributed by atoms with van der Waals surface area (Å²) in [6.07, 6.45) is 4.40. The Morgan fingerprint density at radius 1 is 1.24 bits per heavy atom. The number of ether oxygens (including phenoxy) is 1. The van der Waals surface area contributed by atoms with Crippen molar-refractivity contribution in [3.8, 4) is 5.75 Å². The number of hydrogen-bond acceptors (Lipinski definition) is 2. The van der Waals surface area contributed by atoms with Crippen molar-refractivity contribution >= 4 is 12.4 Å². The van der Waals surface area contributed by atoms with Crippen LogP contribution in [0, 0.1) is 11.7 Å². The zero-order chi connectivity index (χ0) is 11.4. The molecule has 0 bridgehead atoms. The third-order valence-corrected chi connectivity index (χ3v) is 3.17. The molecule has 4 heteroatoms. The SMILES string of the molecule is Cl.NC1CCC(COc2cccc(F)c2)CC1. The summed E-state index contributed by atoms with van der Waals surface area (Å²) in [5.41, 5.74) is 5.83. The lowest BCUT2D eigenvalue weighted by Gasteiger charge is -2.25. The summed E-state index contributed by atoms with van der Waals surface area (Å²) < 4.78 is 18.5. The molecule has 0 heterocycles. The molecule has 1 fully saturated rings. The van der Waals surface area contributed by atoms with Gasteiger partial charge in [-0.1, -0.05) is 6.07 Å². The molecule has 1 aromatic rings. The largest absolute Gasteiger partial charge is 0.493 e. The van der Waals surface area contributed by atoms with Crippen LogP contribution in [0.15, 0.2) is 24.3 Å². The Kier molecular flexibility index (Phi) is 5.72. The average Bonchev–Trinajstić information content (AvgIpc) is 2.28. The Morgan fingerprint density at radius 2 is 1.94 bits per heavy atom. The number of hydrogen-bond donors (Lipinski definition) is 1. The van der Waals surface area contributed by atoms with Crippen molar-refractivity contribution in [1.29, 1.82) is 0 Å². The van der Waals surface area contributed by atoms with Crippen molar-refractivity contribution in [2.24, 2.45) is 11.7 Å². The van der Waals surface area contributed by atoms with E-state index in [0.29, 0.717) is 24.3 Å². The van der Waals surface area contributed by atoms with E-state index in [1.165, 1.54) is 12.1 Å². The van der Waals surface area contributed by atoms with Gasteiger partial charge in [-0.05, 0) is 43.7 Å². The second-order valence-corrected chi connectivity index (χ2v) is 4.55. The summed E-state index contributed by atoms with van der Waals surface area (Å²) >= 11 is 0. The maximum absolute atomic E-state index is 12.9. The fraction of sp³-hybridized carbons (Fsp3) is 0.538. The van der Waals surface area contributed by atoms with Crippen LogP contribution < -0.4 is 10.5 Å². The van der Waals surface area contributed by atoms with Crippen molar-refractivity contribution < 1.29 is 9.13 Å². The van der Waals surface area contributed by atoms with Crippen LogP contribution in [0.25, 0.3) is 0 Å². The highest BCUT2D eigenvalue weighted by Crippen LogP contribution is 2.24. The van der Waals surface area contributed by atoms with Crippen LogP contribution in [-0.2, 0) is 0 Å². The van der Waals surface area contributed by atoms with E-state index in [4.69, 9.17) is 10.5 Å². The van der Waals surface area contributed by atoms with Gasteiger partial charge in [0.2, 0.25) is 0 Å². The minimum absolute atomic E-state index is 0. The molecule has 17 heavy (non-hydrogen) atoms. The van der Waals surface area contributed by atoms with E-state index >= 15 is 0 Å². The molecule has 0 amide bonds. The van der Waals surface area contributed by atoms with Crippen LogP contribution in [0.1, 0.15) is 25.7 Å². The molecule has 1 aromatic carbocycles. The van der Waals surface area contributed by atoms with Gasteiger partial charge in [-0.2, -0.15) is 0 Å². The van der Waals surface area contributed by atoms with Gasteiger partial charge in [0.15, 0.2) is 0 Å². The van der Waals surface area contributed by atoms with Crippen LogP contribution in [0.4, 0.5) is 4.39 Å². The van der Waals surface area contributed by atoms with Gasteiger partial charge >= 0.3 is 0 Å². The van der Waals surface area contributed by atoms with Crippen LogP contribution in [-0.4, -0.2) is 12.6 Å². The highest BCUT2D eigenvalue weighted by molar-refractivity contribution is 5.85. The molecule has 1 aliphatic carbocycles. The van der Waals surface area contributed by atoms with E-state index in [9.17, 15) is 4.39 Å².